The van der Waals surface area contributed by atoms with Crippen molar-refractivity contribution in [1.82, 2.24) is 14.5 Å². The van der Waals surface area contributed by atoms with E-state index in [-0.39, 0.29) is 11.1 Å². The third kappa shape index (κ3) is 2.70. The van der Waals surface area contributed by atoms with E-state index in [1.54, 1.807) is 16.8 Å². The molecular formula is C13H18ClN3O. The highest BCUT2D eigenvalue weighted by Gasteiger charge is 2.17. The number of halogens is 1. The van der Waals surface area contributed by atoms with Crippen LogP contribution >= 0.6 is 11.6 Å². The zero-order chi connectivity index (χ0) is 13.9. The maximum Gasteiger partial charge on any atom is 0.264 e. The molecule has 0 aliphatic carbocycles. The van der Waals surface area contributed by atoms with E-state index in [4.69, 9.17) is 11.6 Å². The van der Waals surface area contributed by atoms with Crippen molar-refractivity contribution < 1.29 is 0 Å². The molecule has 0 atom stereocenters. The molecule has 0 radical (unpaired) electrons. The van der Waals surface area contributed by atoms with Crippen LogP contribution in [0.5, 0.6) is 0 Å². The summed E-state index contributed by atoms with van der Waals surface area (Å²) in [6.45, 7) is 9.81. The summed E-state index contributed by atoms with van der Waals surface area (Å²) in [7, 11) is 0. The van der Waals surface area contributed by atoms with Crippen molar-refractivity contribution in [3.8, 4) is 0 Å². The van der Waals surface area contributed by atoms with E-state index in [1.807, 2.05) is 34.6 Å². The minimum atomic E-state index is -0.322. The van der Waals surface area contributed by atoms with Crippen molar-refractivity contribution in [1.29, 1.82) is 0 Å². The SMILES string of the molecule is CC.CC(C)(C)n1cnc2nccc(Cl)c2c1=O. The number of rotatable bonds is 0. The predicted molar refractivity (Wildman–Crippen MR) is 75.2 cm³/mol. The molecule has 2 aromatic heterocycles. The maximum absolute atomic E-state index is 12.2. The Morgan fingerprint density at radius 1 is 1.22 bits per heavy atom. The van der Waals surface area contributed by atoms with Crippen LogP contribution in [-0.2, 0) is 5.54 Å². The fourth-order valence-electron chi connectivity index (χ4n) is 1.49. The van der Waals surface area contributed by atoms with Crippen LogP contribution in [-0.4, -0.2) is 14.5 Å². The second-order valence-electron chi connectivity index (χ2n) is 4.58. The Morgan fingerprint density at radius 2 is 1.83 bits per heavy atom. The molecule has 0 aliphatic rings. The van der Waals surface area contributed by atoms with Gasteiger partial charge in [0, 0.05) is 11.7 Å². The molecule has 0 N–H and O–H groups in total. The largest absolute Gasteiger partial charge is 0.293 e. The Balaban J connectivity index is 0.000000771. The van der Waals surface area contributed by atoms with Gasteiger partial charge in [0.15, 0.2) is 5.65 Å². The molecule has 0 unspecified atom stereocenters. The first kappa shape index (κ1) is 14.6. The van der Waals surface area contributed by atoms with Crippen molar-refractivity contribution in [3.63, 3.8) is 0 Å². The molecule has 98 valence electrons. The fourth-order valence-corrected chi connectivity index (χ4v) is 1.71. The summed E-state index contributed by atoms with van der Waals surface area (Å²) in [6, 6.07) is 1.60. The number of pyridine rings is 1. The number of hydrogen-bond donors (Lipinski definition) is 0. The zero-order valence-electron chi connectivity index (χ0n) is 11.4. The number of hydrogen-bond acceptors (Lipinski definition) is 3. The molecule has 0 fully saturated rings. The Bertz CT molecular complexity index is 599. The first-order valence-corrected chi connectivity index (χ1v) is 6.31. The first-order chi connectivity index (χ1) is 8.41. The number of nitrogens with zero attached hydrogens (tertiary/aromatic N) is 3. The topological polar surface area (TPSA) is 47.8 Å². The number of fused-ring (bicyclic) bond motifs is 1. The van der Waals surface area contributed by atoms with E-state index < -0.39 is 0 Å². The fraction of sp³-hybridized carbons (Fsp3) is 0.462. The van der Waals surface area contributed by atoms with Crippen molar-refractivity contribution in [3.05, 3.63) is 34.0 Å². The van der Waals surface area contributed by atoms with Gasteiger partial charge in [-0.1, -0.05) is 25.4 Å². The van der Waals surface area contributed by atoms with Crippen LogP contribution in [0.25, 0.3) is 11.0 Å². The van der Waals surface area contributed by atoms with E-state index >= 15 is 0 Å². The van der Waals surface area contributed by atoms with Gasteiger partial charge in [-0.15, -0.1) is 0 Å². The lowest BCUT2D eigenvalue weighted by atomic mass is 10.1. The molecule has 2 rings (SSSR count). The zero-order valence-corrected chi connectivity index (χ0v) is 12.1. The van der Waals surface area contributed by atoms with Gasteiger partial charge in [0.25, 0.3) is 5.56 Å². The molecule has 0 saturated heterocycles. The summed E-state index contributed by atoms with van der Waals surface area (Å²) in [5, 5.41) is 0.766. The lowest BCUT2D eigenvalue weighted by Crippen LogP contribution is -2.34. The Labute approximate surface area is 112 Å². The van der Waals surface area contributed by atoms with Crippen LogP contribution in [0.4, 0.5) is 0 Å². The third-order valence-corrected chi connectivity index (χ3v) is 2.65. The normalized spacial score (nSPS) is 11.0. The van der Waals surface area contributed by atoms with Gasteiger partial charge in [0.1, 0.15) is 11.7 Å². The third-order valence-electron chi connectivity index (χ3n) is 2.33. The van der Waals surface area contributed by atoms with Gasteiger partial charge >= 0.3 is 0 Å². The van der Waals surface area contributed by atoms with Crippen molar-refractivity contribution in [2.45, 2.75) is 40.2 Å². The van der Waals surface area contributed by atoms with Crippen LogP contribution in [0.2, 0.25) is 5.02 Å². The van der Waals surface area contributed by atoms with E-state index in [9.17, 15) is 4.79 Å². The summed E-state index contributed by atoms with van der Waals surface area (Å²) in [4.78, 5) is 20.3. The van der Waals surface area contributed by atoms with E-state index in [0.29, 0.717) is 16.1 Å². The average molecular weight is 268 g/mol. The highest BCUT2D eigenvalue weighted by Crippen LogP contribution is 2.17. The highest BCUT2D eigenvalue weighted by molar-refractivity contribution is 6.35. The molecule has 18 heavy (non-hydrogen) atoms. The van der Waals surface area contributed by atoms with Gasteiger partial charge in [-0.05, 0) is 26.8 Å². The molecule has 0 saturated carbocycles. The van der Waals surface area contributed by atoms with Gasteiger partial charge in [0.2, 0.25) is 0 Å². The molecule has 0 amide bonds. The van der Waals surface area contributed by atoms with E-state index in [1.165, 1.54) is 6.33 Å². The lowest BCUT2D eigenvalue weighted by molar-refractivity contribution is 0.381. The monoisotopic (exact) mass is 267 g/mol. The van der Waals surface area contributed by atoms with Crippen LogP contribution in [0, 0.1) is 0 Å². The van der Waals surface area contributed by atoms with E-state index in [2.05, 4.69) is 9.97 Å². The van der Waals surface area contributed by atoms with Crippen LogP contribution in [0.1, 0.15) is 34.6 Å². The Hall–Kier alpha value is -1.42. The number of aromatic nitrogens is 3. The minimum Gasteiger partial charge on any atom is -0.293 e. The van der Waals surface area contributed by atoms with Crippen molar-refractivity contribution >= 4 is 22.6 Å². The van der Waals surface area contributed by atoms with Gasteiger partial charge in [0.05, 0.1) is 5.02 Å². The molecule has 0 bridgehead atoms. The van der Waals surface area contributed by atoms with Gasteiger partial charge in [-0.3, -0.25) is 9.36 Å². The standard InChI is InChI=1S/C11H12ClN3O.C2H6/c1-11(2,3)15-6-14-9-8(10(15)16)7(12)4-5-13-9;1-2/h4-6H,1-3H3;1-2H3. The summed E-state index contributed by atoms with van der Waals surface area (Å²) in [5.41, 5.74) is -0.0918. The smallest absolute Gasteiger partial charge is 0.264 e. The molecule has 5 heteroatoms. The van der Waals surface area contributed by atoms with Crippen molar-refractivity contribution in [2.24, 2.45) is 0 Å². The summed E-state index contributed by atoms with van der Waals surface area (Å²) >= 11 is 5.99. The van der Waals surface area contributed by atoms with E-state index in [0.717, 1.165) is 0 Å². The maximum atomic E-state index is 12.2. The van der Waals surface area contributed by atoms with Crippen molar-refractivity contribution in [2.75, 3.05) is 0 Å². The van der Waals surface area contributed by atoms with Gasteiger partial charge in [-0.2, -0.15) is 0 Å². The summed E-state index contributed by atoms with van der Waals surface area (Å²) in [6.07, 6.45) is 3.05. The second kappa shape index (κ2) is 5.48. The molecule has 2 aromatic rings. The molecular weight excluding hydrogens is 250 g/mol. The van der Waals surface area contributed by atoms with Crippen LogP contribution in [0.15, 0.2) is 23.4 Å². The summed E-state index contributed by atoms with van der Waals surface area (Å²) < 4.78 is 1.56. The molecule has 4 nitrogen and oxygen atoms in total. The Morgan fingerprint density at radius 3 is 2.39 bits per heavy atom. The Kier molecular flexibility index (Phi) is 4.46. The molecule has 2 heterocycles. The van der Waals surface area contributed by atoms with Gasteiger partial charge < -0.3 is 0 Å². The lowest BCUT2D eigenvalue weighted by Gasteiger charge is -2.21. The first-order valence-electron chi connectivity index (χ1n) is 5.93. The second-order valence-corrected chi connectivity index (χ2v) is 4.99. The highest BCUT2D eigenvalue weighted by atomic mass is 35.5. The summed E-state index contributed by atoms with van der Waals surface area (Å²) in [5.74, 6) is 0. The predicted octanol–water partition coefficient (Wildman–Crippen LogP) is 3.23. The molecule has 0 spiro atoms. The minimum absolute atomic E-state index is 0.157. The van der Waals surface area contributed by atoms with Crippen LogP contribution in [0.3, 0.4) is 0 Å². The molecule has 0 aliphatic heterocycles. The molecule has 0 aromatic carbocycles. The quantitative estimate of drug-likeness (QED) is 0.736. The van der Waals surface area contributed by atoms with Gasteiger partial charge in [-0.25, -0.2) is 9.97 Å². The average Bonchev–Trinajstić information content (AvgIpc) is 2.30. The van der Waals surface area contributed by atoms with Crippen LogP contribution < -0.4 is 5.56 Å².